The summed E-state index contributed by atoms with van der Waals surface area (Å²) in [6.45, 7) is 3.68. The number of ether oxygens (including phenoxy) is 1. The van der Waals surface area contributed by atoms with Gasteiger partial charge in [-0.05, 0) is 37.1 Å². The van der Waals surface area contributed by atoms with Crippen molar-refractivity contribution in [2.24, 2.45) is 0 Å². The molecule has 2 aliphatic rings. The van der Waals surface area contributed by atoms with Gasteiger partial charge in [-0.25, -0.2) is 0 Å². The Balaban J connectivity index is 1.79. The summed E-state index contributed by atoms with van der Waals surface area (Å²) >= 11 is 0. The monoisotopic (exact) mass is 289 g/mol. The Kier molecular flexibility index (Phi) is 4.72. The second-order valence-corrected chi connectivity index (χ2v) is 5.74. The van der Waals surface area contributed by atoms with Crippen LogP contribution in [0, 0.1) is 0 Å². The van der Waals surface area contributed by atoms with Gasteiger partial charge in [-0.15, -0.1) is 0 Å². The molecule has 0 aliphatic carbocycles. The Labute approximate surface area is 125 Å². The maximum atomic E-state index is 12.0. The van der Waals surface area contributed by atoms with Crippen molar-refractivity contribution in [3.63, 3.8) is 0 Å². The van der Waals surface area contributed by atoms with Crippen LogP contribution < -0.4 is 20.7 Å². The molecule has 1 fully saturated rings. The molecule has 5 heteroatoms. The van der Waals surface area contributed by atoms with Crippen molar-refractivity contribution < 1.29 is 9.53 Å². The van der Waals surface area contributed by atoms with E-state index < -0.39 is 0 Å². The number of carbonyl (C=O) groups is 1. The van der Waals surface area contributed by atoms with Gasteiger partial charge < -0.3 is 20.7 Å². The average Bonchev–Trinajstić information content (AvgIpc) is 2.94. The minimum absolute atomic E-state index is 0.0816. The summed E-state index contributed by atoms with van der Waals surface area (Å²) in [6, 6.07) is 8.42. The van der Waals surface area contributed by atoms with Crippen LogP contribution in [0.3, 0.4) is 0 Å². The highest BCUT2D eigenvalue weighted by molar-refractivity contribution is 5.78. The standard InChI is InChI=1S/C16H23N3O2/c20-16-11-17-6-1-2-7-21-13-5-3-4-12(8-13)14-9-18-10-15(14)19-16/h3-5,8,14-15,17-18H,1-2,6-7,9-11H2,(H,19,20)/t14-,15+/m1/s1. The molecular formula is C16H23N3O2. The van der Waals surface area contributed by atoms with Gasteiger partial charge in [0.15, 0.2) is 0 Å². The number of hydrogen-bond donors (Lipinski definition) is 3. The quantitative estimate of drug-likeness (QED) is 0.655. The predicted octanol–water partition coefficient (Wildman–Crippen LogP) is 0.620. The number of amides is 1. The number of benzene rings is 1. The van der Waals surface area contributed by atoms with Crippen LogP contribution in [0.1, 0.15) is 24.3 Å². The van der Waals surface area contributed by atoms with E-state index in [1.54, 1.807) is 0 Å². The van der Waals surface area contributed by atoms with Gasteiger partial charge in [0.05, 0.1) is 13.2 Å². The molecule has 0 aromatic heterocycles. The van der Waals surface area contributed by atoms with Crippen molar-refractivity contribution in [2.75, 3.05) is 32.8 Å². The molecule has 114 valence electrons. The Hall–Kier alpha value is -1.59. The molecule has 21 heavy (non-hydrogen) atoms. The summed E-state index contributed by atoms with van der Waals surface area (Å²) in [5.74, 6) is 1.31. The van der Waals surface area contributed by atoms with Gasteiger partial charge >= 0.3 is 0 Å². The SMILES string of the molecule is O=C1CNCCCCOc2cccc(c2)[C@H]2CNC[C@@H]2N1. The van der Waals surface area contributed by atoms with E-state index in [4.69, 9.17) is 4.74 Å². The van der Waals surface area contributed by atoms with Crippen LogP contribution in [0.25, 0.3) is 0 Å². The number of carbonyl (C=O) groups excluding carboxylic acids is 1. The summed E-state index contributed by atoms with van der Waals surface area (Å²) in [5.41, 5.74) is 1.23. The fraction of sp³-hybridized carbons (Fsp3) is 0.562. The Morgan fingerprint density at radius 1 is 1.14 bits per heavy atom. The first-order chi connectivity index (χ1) is 10.3. The van der Waals surface area contributed by atoms with E-state index in [0.717, 1.165) is 44.8 Å². The van der Waals surface area contributed by atoms with Gasteiger partial charge in [0.2, 0.25) is 5.91 Å². The largest absolute Gasteiger partial charge is 0.494 e. The van der Waals surface area contributed by atoms with E-state index in [2.05, 4.69) is 28.1 Å². The van der Waals surface area contributed by atoms with Crippen LogP contribution in [0.15, 0.2) is 24.3 Å². The molecule has 1 amide bonds. The van der Waals surface area contributed by atoms with Crippen LogP contribution in [0.2, 0.25) is 0 Å². The molecule has 2 atom stereocenters. The van der Waals surface area contributed by atoms with E-state index in [0.29, 0.717) is 12.5 Å². The number of rotatable bonds is 0. The van der Waals surface area contributed by atoms with Crippen LogP contribution >= 0.6 is 0 Å². The maximum Gasteiger partial charge on any atom is 0.234 e. The number of fused-ring (bicyclic) bond motifs is 4. The smallest absolute Gasteiger partial charge is 0.234 e. The first-order valence-electron chi connectivity index (χ1n) is 7.76. The van der Waals surface area contributed by atoms with Gasteiger partial charge in [0.1, 0.15) is 5.75 Å². The Morgan fingerprint density at radius 3 is 3.05 bits per heavy atom. The average molecular weight is 289 g/mol. The van der Waals surface area contributed by atoms with Gasteiger partial charge in [-0.2, -0.15) is 0 Å². The van der Waals surface area contributed by atoms with E-state index >= 15 is 0 Å². The van der Waals surface area contributed by atoms with Crippen LogP contribution in [0.5, 0.6) is 5.75 Å². The lowest BCUT2D eigenvalue weighted by Gasteiger charge is -2.21. The second-order valence-electron chi connectivity index (χ2n) is 5.74. The zero-order valence-electron chi connectivity index (χ0n) is 12.2. The minimum atomic E-state index is 0.0816. The van der Waals surface area contributed by atoms with Gasteiger partial charge in [-0.1, -0.05) is 12.1 Å². The molecule has 0 spiro atoms. The lowest BCUT2D eigenvalue weighted by molar-refractivity contribution is -0.120. The number of hydrogen-bond acceptors (Lipinski definition) is 4. The third kappa shape index (κ3) is 3.74. The van der Waals surface area contributed by atoms with Crippen molar-refractivity contribution in [2.45, 2.75) is 24.8 Å². The van der Waals surface area contributed by atoms with Crippen LogP contribution in [-0.4, -0.2) is 44.7 Å². The fourth-order valence-electron chi connectivity index (χ4n) is 3.02. The molecule has 3 N–H and O–H groups in total. The molecule has 2 heterocycles. The molecule has 1 saturated heterocycles. The summed E-state index contributed by atoms with van der Waals surface area (Å²) in [4.78, 5) is 12.0. The molecule has 0 radical (unpaired) electrons. The fourth-order valence-corrected chi connectivity index (χ4v) is 3.02. The summed E-state index contributed by atoms with van der Waals surface area (Å²) in [6.07, 6.45) is 2.01. The number of nitrogens with one attached hydrogen (secondary N) is 3. The molecule has 1 aromatic carbocycles. The third-order valence-electron chi connectivity index (χ3n) is 4.15. The highest BCUT2D eigenvalue weighted by Gasteiger charge is 2.29. The molecule has 0 unspecified atom stereocenters. The van der Waals surface area contributed by atoms with Gasteiger partial charge in [0, 0.05) is 25.0 Å². The highest BCUT2D eigenvalue weighted by atomic mass is 16.5. The van der Waals surface area contributed by atoms with Crippen molar-refractivity contribution in [1.82, 2.24) is 16.0 Å². The topological polar surface area (TPSA) is 62.4 Å². The van der Waals surface area contributed by atoms with Crippen LogP contribution in [-0.2, 0) is 4.79 Å². The third-order valence-corrected chi connectivity index (χ3v) is 4.15. The highest BCUT2D eigenvalue weighted by Crippen LogP contribution is 2.26. The van der Waals surface area contributed by atoms with Crippen molar-refractivity contribution in [3.05, 3.63) is 29.8 Å². The molecule has 2 aliphatic heterocycles. The maximum absolute atomic E-state index is 12.0. The summed E-state index contributed by atoms with van der Waals surface area (Å²) in [5, 5.41) is 9.70. The second kappa shape index (κ2) is 6.91. The van der Waals surface area contributed by atoms with E-state index in [9.17, 15) is 4.79 Å². The molecule has 1 aromatic rings. The normalized spacial score (nSPS) is 27.1. The molecule has 2 bridgehead atoms. The van der Waals surface area contributed by atoms with E-state index in [-0.39, 0.29) is 11.9 Å². The molecule has 5 nitrogen and oxygen atoms in total. The molecular weight excluding hydrogens is 266 g/mol. The van der Waals surface area contributed by atoms with Gasteiger partial charge in [-0.3, -0.25) is 4.79 Å². The lowest BCUT2D eigenvalue weighted by atomic mass is 9.94. The van der Waals surface area contributed by atoms with Gasteiger partial charge in [0.25, 0.3) is 0 Å². The first kappa shape index (κ1) is 14.4. The first-order valence-corrected chi connectivity index (χ1v) is 7.76. The summed E-state index contributed by atoms with van der Waals surface area (Å²) < 4.78 is 5.83. The van der Waals surface area contributed by atoms with Crippen molar-refractivity contribution in [1.29, 1.82) is 0 Å². The van der Waals surface area contributed by atoms with Crippen molar-refractivity contribution in [3.8, 4) is 5.75 Å². The zero-order valence-corrected chi connectivity index (χ0v) is 12.2. The Bertz CT molecular complexity index is 492. The van der Waals surface area contributed by atoms with E-state index in [1.165, 1.54) is 5.56 Å². The lowest BCUT2D eigenvalue weighted by Crippen LogP contribution is -2.43. The predicted molar refractivity (Wildman–Crippen MR) is 81.6 cm³/mol. The molecule has 0 saturated carbocycles. The minimum Gasteiger partial charge on any atom is -0.494 e. The zero-order chi connectivity index (χ0) is 14.5. The summed E-state index contributed by atoms with van der Waals surface area (Å²) in [7, 11) is 0. The molecule has 3 rings (SSSR count). The van der Waals surface area contributed by atoms with Crippen molar-refractivity contribution >= 4 is 5.91 Å². The Morgan fingerprint density at radius 2 is 2.10 bits per heavy atom. The van der Waals surface area contributed by atoms with E-state index in [1.807, 2.05) is 12.1 Å². The van der Waals surface area contributed by atoms with Crippen LogP contribution in [0.4, 0.5) is 0 Å².